The van der Waals surface area contributed by atoms with Crippen LogP contribution in [0.4, 0.5) is 0 Å². The third-order valence-corrected chi connectivity index (χ3v) is 6.08. The van der Waals surface area contributed by atoms with Gasteiger partial charge in [-0.05, 0) is 55.8 Å². The van der Waals surface area contributed by atoms with Gasteiger partial charge in [0.1, 0.15) is 6.61 Å². The van der Waals surface area contributed by atoms with Crippen LogP contribution in [0.3, 0.4) is 0 Å². The number of rotatable bonds is 6. The van der Waals surface area contributed by atoms with E-state index in [9.17, 15) is 13.2 Å². The summed E-state index contributed by atoms with van der Waals surface area (Å²) in [6, 6.07) is 12.5. The summed E-state index contributed by atoms with van der Waals surface area (Å²) in [6.07, 6.45) is 0. The SMILES string of the molecule is CC(C)N(C)S(=O)(=O)c1ccc(C(=O)OCc2ccc(Cl)cc2)cc1. The summed E-state index contributed by atoms with van der Waals surface area (Å²) >= 11 is 5.80. The van der Waals surface area contributed by atoms with Crippen molar-refractivity contribution in [3.05, 3.63) is 64.7 Å². The lowest BCUT2D eigenvalue weighted by Gasteiger charge is -2.20. The molecule has 2 aromatic carbocycles. The number of hydrogen-bond donors (Lipinski definition) is 0. The summed E-state index contributed by atoms with van der Waals surface area (Å²) in [5, 5.41) is 0.609. The Morgan fingerprint density at radius 2 is 1.64 bits per heavy atom. The predicted molar refractivity (Wildman–Crippen MR) is 97.1 cm³/mol. The Bertz CT molecular complexity index is 830. The minimum Gasteiger partial charge on any atom is -0.457 e. The van der Waals surface area contributed by atoms with Crippen molar-refractivity contribution < 1.29 is 17.9 Å². The first-order valence-electron chi connectivity index (χ1n) is 7.71. The van der Waals surface area contributed by atoms with Gasteiger partial charge in [0, 0.05) is 18.1 Å². The zero-order chi connectivity index (χ0) is 18.6. The number of carbonyl (C=O) groups excluding carboxylic acids is 1. The van der Waals surface area contributed by atoms with Gasteiger partial charge in [-0.25, -0.2) is 13.2 Å². The molecular weight excluding hydrogens is 362 g/mol. The van der Waals surface area contributed by atoms with E-state index in [1.54, 1.807) is 38.1 Å². The average Bonchev–Trinajstić information content (AvgIpc) is 2.60. The zero-order valence-corrected chi connectivity index (χ0v) is 15.8. The highest BCUT2D eigenvalue weighted by molar-refractivity contribution is 7.89. The van der Waals surface area contributed by atoms with Crippen LogP contribution in [0.2, 0.25) is 5.02 Å². The predicted octanol–water partition coefficient (Wildman–Crippen LogP) is 3.73. The molecule has 5 nitrogen and oxygen atoms in total. The maximum absolute atomic E-state index is 12.4. The topological polar surface area (TPSA) is 63.7 Å². The molecule has 0 aliphatic heterocycles. The lowest BCUT2D eigenvalue weighted by molar-refractivity contribution is 0.0472. The largest absolute Gasteiger partial charge is 0.457 e. The van der Waals surface area contributed by atoms with E-state index in [1.807, 2.05) is 0 Å². The van der Waals surface area contributed by atoms with Crippen molar-refractivity contribution in [1.82, 2.24) is 4.31 Å². The normalized spacial score (nSPS) is 11.8. The molecule has 0 atom stereocenters. The molecule has 0 spiro atoms. The second kappa shape index (κ2) is 7.99. The fourth-order valence-electron chi connectivity index (χ4n) is 2.02. The molecule has 2 aromatic rings. The second-order valence-corrected chi connectivity index (χ2v) is 8.28. The van der Waals surface area contributed by atoms with Crippen LogP contribution in [0.5, 0.6) is 0 Å². The fraction of sp³-hybridized carbons (Fsp3) is 0.278. The monoisotopic (exact) mass is 381 g/mol. The first kappa shape index (κ1) is 19.4. The van der Waals surface area contributed by atoms with Crippen molar-refractivity contribution in [2.75, 3.05) is 7.05 Å². The summed E-state index contributed by atoms with van der Waals surface area (Å²) in [4.78, 5) is 12.2. The number of halogens is 1. The Balaban J connectivity index is 2.06. The van der Waals surface area contributed by atoms with Gasteiger partial charge < -0.3 is 4.74 Å². The number of esters is 1. The van der Waals surface area contributed by atoms with E-state index in [-0.39, 0.29) is 17.5 Å². The molecule has 2 rings (SSSR count). The summed E-state index contributed by atoms with van der Waals surface area (Å²) in [5.74, 6) is -0.517. The number of sulfonamides is 1. The average molecular weight is 382 g/mol. The highest BCUT2D eigenvalue weighted by Crippen LogP contribution is 2.18. The number of nitrogens with zero attached hydrogens (tertiary/aromatic N) is 1. The van der Waals surface area contributed by atoms with Crippen molar-refractivity contribution in [1.29, 1.82) is 0 Å². The molecule has 7 heteroatoms. The minimum absolute atomic E-state index is 0.117. The quantitative estimate of drug-likeness (QED) is 0.715. The van der Waals surface area contributed by atoms with E-state index in [0.29, 0.717) is 10.6 Å². The molecule has 0 saturated carbocycles. The van der Waals surface area contributed by atoms with Gasteiger partial charge in [0.05, 0.1) is 10.5 Å². The van der Waals surface area contributed by atoms with Crippen molar-refractivity contribution in [3.63, 3.8) is 0 Å². The molecule has 0 fully saturated rings. The van der Waals surface area contributed by atoms with Gasteiger partial charge >= 0.3 is 5.97 Å². The fourth-order valence-corrected chi connectivity index (χ4v) is 3.51. The Labute approximate surface area is 153 Å². The molecule has 134 valence electrons. The van der Waals surface area contributed by atoms with Gasteiger partial charge in [0.15, 0.2) is 0 Å². The van der Waals surface area contributed by atoms with E-state index < -0.39 is 16.0 Å². The standard InChI is InChI=1S/C18H20ClNO4S/c1-13(2)20(3)25(22,23)17-10-6-15(7-11-17)18(21)24-12-14-4-8-16(19)9-5-14/h4-11,13H,12H2,1-3H3. The van der Waals surface area contributed by atoms with E-state index in [0.717, 1.165) is 5.56 Å². The summed E-state index contributed by atoms with van der Waals surface area (Å²) in [6.45, 7) is 3.70. The second-order valence-electron chi connectivity index (χ2n) is 5.84. The molecule has 0 N–H and O–H groups in total. The van der Waals surface area contributed by atoms with Crippen molar-refractivity contribution in [2.24, 2.45) is 0 Å². The van der Waals surface area contributed by atoms with Gasteiger partial charge in [-0.1, -0.05) is 23.7 Å². The van der Waals surface area contributed by atoms with Crippen LogP contribution in [0.1, 0.15) is 29.8 Å². The summed E-state index contributed by atoms with van der Waals surface area (Å²) in [5.41, 5.74) is 1.11. The molecule has 0 saturated heterocycles. The first-order chi connectivity index (χ1) is 11.7. The summed E-state index contributed by atoms with van der Waals surface area (Å²) in [7, 11) is -2.05. The molecular formula is C18H20ClNO4S. The highest BCUT2D eigenvalue weighted by atomic mass is 35.5. The smallest absolute Gasteiger partial charge is 0.338 e. The molecule has 0 radical (unpaired) electrons. The lowest BCUT2D eigenvalue weighted by Crippen LogP contribution is -2.33. The Kier molecular flexibility index (Phi) is 6.21. The molecule has 25 heavy (non-hydrogen) atoms. The minimum atomic E-state index is -3.57. The van der Waals surface area contributed by atoms with E-state index in [2.05, 4.69) is 0 Å². The number of ether oxygens (including phenoxy) is 1. The van der Waals surface area contributed by atoms with Crippen LogP contribution in [-0.2, 0) is 21.4 Å². The number of benzene rings is 2. The molecule has 0 aliphatic carbocycles. The molecule has 0 aromatic heterocycles. The van der Waals surface area contributed by atoms with Crippen molar-refractivity contribution in [2.45, 2.75) is 31.4 Å². The Morgan fingerprint density at radius 3 is 2.16 bits per heavy atom. The maximum atomic E-state index is 12.4. The van der Waals surface area contributed by atoms with Gasteiger partial charge in [0.25, 0.3) is 0 Å². The van der Waals surface area contributed by atoms with Gasteiger partial charge in [-0.3, -0.25) is 0 Å². The highest BCUT2D eigenvalue weighted by Gasteiger charge is 2.23. The van der Waals surface area contributed by atoms with Crippen molar-refractivity contribution in [3.8, 4) is 0 Å². The van der Waals surface area contributed by atoms with Gasteiger partial charge in [0.2, 0.25) is 10.0 Å². The zero-order valence-electron chi connectivity index (χ0n) is 14.3. The third kappa shape index (κ3) is 4.81. The van der Waals surface area contributed by atoms with Crippen LogP contribution >= 0.6 is 11.6 Å². The van der Waals surface area contributed by atoms with Crippen LogP contribution in [0.15, 0.2) is 53.4 Å². The van der Waals surface area contributed by atoms with Crippen LogP contribution in [0.25, 0.3) is 0 Å². The molecule has 0 amide bonds. The summed E-state index contributed by atoms with van der Waals surface area (Å²) < 4.78 is 31.3. The molecule has 0 unspecified atom stereocenters. The maximum Gasteiger partial charge on any atom is 0.338 e. The molecule has 0 aliphatic rings. The Morgan fingerprint density at radius 1 is 1.08 bits per heavy atom. The van der Waals surface area contributed by atoms with Crippen LogP contribution < -0.4 is 0 Å². The van der Waals surface area contributed by atoms with E-state index in [4.69, 9.17) is 16.3 Å². The molecule has 0 heterocycles. The first-order valence-corrected chi connectivity index (χ1v) is 9.53. The number of carbonyl (C=O) groups is 1. The van der Waals surface area contributed by atoms with Crippen LogP contribution in [-0.4, -0.2) is 31.8 Å². The number of hydrogen-bond acceptors (Lipinski definition) is 4. The third-order valence-electron chi connectivity index (χ3n) is 3.78. The lowest BCUT2D eigenvalue weighted by atomic mass is 10.2. The van der Waals surface area contributed by atoms with Crippen molar-refractivity contribution >= 4 is 27.6 Å². The van der Waals surface area contributed by atoms with Crippen LogP contribution in [0, 0.1) is 0 Å². The van der Waals surface area contributed by atoms with Gasteiger partial charge in [-0.15, -0.1) is 0 Å². The van der Waals surface area contributed by atoms with E-state index >= 15 is 0 Å². The van der Waals surface area contributed by atoms with E-state index in [1.165, 1.54) is 35.6 Å². The Hall–Kier alpha value is -1.89. The molecule has 0 bridgehead atoms. The van der Waals surface area contributed by atoms with Gasteiger partial charge in [-0.2, -0.15) is 4.31 Å².